The molecule has 4 nitrogen and oxygen atoms in total. The molecule has 0 aliphatic rings. The second-order valence-electron chi connectivity index (χ2n) is 3.13. The minimum Gasteiger partial charge on any atom is -0.399 e. The molecule has 0 aliphatic heterocycles. The smallest absolute Gasteiger partial charge is 0.255 e. The Balaban J connectivity index is 2.23. The Kier molecular flexibility index (Phi) is 2.40. The molecule has 0 radical (unpaired) electrons. The number of nitrogen functional groups attached to an aromatic ring is 1. The van der Waals surface area contributed by atoms with Crippen LogP contribution >= 0.6 is 0 Å². The van der Waals surface area contributed by atoms with Crippen LogP contribution in [0.2, 0.25) is 0 Å². The number of benzene rings is 1. The van der Waals surface area contributed by atoms with Crippen LogP contribution in [0.25, 0.3) is 11.0 Å². The predicted molar refractivity (Wildman–Crippen MR) is 55.0 cm³/mol. The fourth-order valence-electron chi connectivity index (χ4n) is 1.28. The van der Waals surface area contributed by atoms with E-state index in [4.69, 9.17) is 5.73 Å². The van der Waals surface area contributed by atoms with E-state index in [1.807, 2.05) is 0 Å². The molecule has 0 unspecified atom stereocenters. The number of fused-ring (bicyclic) bond motifs is 1. The Morgan fingerprint density at radius 1 is 1.47 bits per heavy atom. The maximum Gasteiger partial charge on any atom is 0.255 e. The average molecular weight is 212 g/mol. The maximum atomic E-state index is 11.9. The number of nitrogens with one attached hydrogen (secondary N) is 2. The van der Waals surface area contributed by atoms with Gasteiger partial charge in [0, 0.05) is 5.69 Å². The molecule has 0 saturated carbocycles. The molecule has 1 aromatic heterocycles. The Hall–Kier alpha value is -1.85. The minimum atomic E-state index is -2.40. The summed E-state index contributed by atoms with van der Waals surface area (Å²) in [5.74, 6) is 0.330. The molecule has 2 aromatic rings. The number of aromatic nitrogens is 2. The van der Waals surface area contributed by atoms with Crippen molar-refractivity contribution in [3.05, 3.63) is 18.2 Å². The number of alkyl halides is 2. The third-order valence-corrected chi connectivity index (χ3v) is 1.93. The molecule has 4 N–H and O–H groups in total. The van der Waals surface area contributed by atoms with E-state index in [1.54, 1.807) is 18.2 Å². The van der Waals surface area contributed by atoms with Gasteiger partial charge in [-0.2, -0.15) is 0 Å². The highest BCUT2D eigenvalue weighted by Crippen LogP contribution is 2.17. The molecule has 0 amide bonds. The van der Waals surface area contributed by atoms with E-state index < -0.39 is 13.0 Å². The molecule has 1 heterocycles. The van der Waals surface area contributed by atoms with Crippen LogP contribution in [0.3, 0.4) is 0 Å². The van der Waals surface area contributed by atoms with Crippen LogP contribution in [-0.4, -0.2) is 22.9 Å². The van der Waals surface area contributed by atoms with E-state index in [1.165, 1.54) is 0 Å². The van der Waals surface area contributed by atoms with Crippen molar-refractivity contribution in [2.24, 2.45) is 0 Å². The molecule has 0 aliphatic carbocycles. The molecular weight excluding hydrogens is 202 g/mol. The van der Waals surface area contributed by atoms with Gasteiger partial charge in [0.1, 0.15) is 0 Å². The molecule has 80 valence electrons. The van der Waals surface area contributed by atoms with E-state index >= 15 is 0 Å². The monoisotopic (exact) mass is 212 g/mol. The molecule has 2 rings (SSSR count). The number of nitrogens with zero attached hydrogens (tertiary/aromatic N) is 1. The van der Waals surface area contributed by atoms with Crippen molar-refractivity contribution in [3.8, 4) is 0 Å². The quantitative estimate of drug-likeness (QED) is 0.680. The van der Waals surface area contributed by atoms with Crippen molar-refractivity contribution in [3.63, 3.8) is 0 Å². The third-order valence-electron chi connectivity index (χ3n) is 1.93. The summed E-state index contributed by atoms with van der Waals surface area (Å²) >= 11 is 0. The Labute approximate surface area is 84.5 Å². The zero-order valence-electron chi connectivity index (χ0n) is 7.80. The first-order valence-corrected chi connectivity index (χ1v) is 4.42. The number of H-pyrrole nitrogens is 1. The van der Waals surface area contributed by atoms with Crippen molar-refractivity contribution in [2.45, 2.75) is 6.43 Å². The summed E-state index contributed by atoms with van der Waals surface area (Å²) in [6, 6.07) is 5.14. The number of rotatable bonds is 3. The van der Waals surface area contributed by atoms with Crippen LogP contribution < -0.4 is 11.1 Å². The van der Waals surface area contributed by atoms with Crippen molar-refractivity contribution in [2.75, 3.05) is 17.6 Å². The lowest BCUT2D eigenvalue weighted by Crippen LogP contribution is -2.10. The van der Waals surface area contributed by atoms with E-state index in [2.05, 4.69) is 15.3 Å². The number of halogens is 2. The topological polar surface area (TPSA) is 66.7 Å². The molecule has 1 aromatic carbocycles. The first kappa shape index (κ1) is 9.70. The number of nitrogens with two attached hydrogens (primary N) is 1. The highest BCUT2D eigenvalue weighted by Gasteiger charge is 2.05. The molecule has 0 spiro atoms. The lowest BCUT2D eigenvalue weighted by Gasteiger charge is -1.99. The van der Waals surface area contributed by atoms with E-state index in [0.29, 0.717) is 17.2 Å². The van der Waals surface area contributed by atoms with Crippen molar-refractivity contribution < 1.29 is 8.78 Å². The van der Waals surface area contributed by atoms with Gasteiger partial charge >= 0.3 is 0 Å². The van der Waals surface area contributed by atoms with Gasteiger partial charge in [-0.1, -0.05) is 0 Å². The first-order valence-electron chi connectivity index (χ1n) is 4.42. The van der Waals surface area contributed by atoms with Gasteiger partial charge in [-0.05, 0) is 18.2 Å². The number of hydrogen-bond donors (Lipinski definition) is 3. The van der Waals surface area contributed by atoms with Gasteiger partial charge in [0.25, 0.3) is 6.43 Å². The van der Waals surface area contributed by atoms with Crippen molar-refractivity contribution in [1.29, 1.82) is 0 Å². The summed E-state index contributed by atoms with van der Waals surface area (Å²) in [5, 5.41) is 2.50. The van der Waals surface area contributed by atoms with E-state index in [9.17, 15) is 8.78 Å². The third kappa shape index (κ3) is 2.15. The van der Waals surface area contributed by atoms with Gasteiger partial charge in [-0.25, -0.2) is 13.8 Å². The second kappa shape index (κ2) is 3.72. The van der Waals surface area contributed by atoms with Gasteiger partial charge in [0.2, 0.25) is 5.95 Å². The predicted octanol–water partition coefficient (Wildman–Crippen LogP) is 1.82. The SMILES string of the molecule is Nc1ccc2nc(NCC(F)F)[nH]c2c1. The zero-order chi connectivity index (χ0) is 10.8. The van der Waals surface area contributed by atoms with Crippen LogP contribution in [0.5, 0.6) is 0 Å². The van der Waals surface area contributed by atoms with E-state index in [-0.39, 0.29) is 0 Å². The summed E-state index contributed by atoms with van der Waals surface area (Å²) in [6.07, 6.45) is -2.40. The fourth-order valence-corrected chi connectivity index (χ4v) is 1.28. The Morgan fingerprint density at radius 2 is 2.27 bits per heavy atom. The van der Waals surface area contributed by atoms with Crippen molar-refractivity contribution in [1.82, 2.24) is 9.97 Å². The van der Waals surface area contributed by atoms with Gasteiger partial charge in [-0.15, -0.1) is 0 Å². The Morgan fingerprint density at radius 3 is 3.00 bits per heavy atom. The van der Waals surface area contributed by atoms with Crippen LogP contribution in [0.4, 0.5) is 20.4 Å². The maximum absolute atomic E-state index is 11.9. The van der Waals surface area contributed by atoms with Crippen LogP contribution in [-0.2, 0) is 0 Å². The molecule has 0 saturated heterocycles. The van der Waals surface area contributed by atoms with Gasteiger partial charge < -0.3 is 16.0 Å². The molecule has 0 fully saturated rings. The van der Waals surface area contributed by atoms with Crippen LogP contribution in [0.15, 0.2) is 18.2 Å². The average Bonchev–Trinajstić information content (AvgIpc) is 2.56. The summed E-state index contributed by atoms with van der Waals surface area (Å²) in [4.78, 5) is 6.93. The number of anilines is 2. The largest absolute Gasteiger partial charge is 0.399 e. The highest BCUT2D eigenvalue weighted by molar-refractivity contribution is 5.80. The molecular formula is C9H10F2N4. The highest BCUT2D eigenvalue weighted by atomic mass is 19.3. The van der Waals surface area contributed by atoms with Crippen LogP contribution in [0.1, 0.15) is 0 Å². The number of aromatic amines is 1. The summed E-state index contributed by atoms with van der Waals surface area (Å²) in [7, 11) is 0. The summed E-state index contributed by atoms with van der Waals surface area (Å²) in [6.45, 7) is -0.421. The van der Waals surface area contributed by atoms with Gasteiger partial charge in [0.05, 0.1) is 17.6 Å². The Bertz CT molecular complexity index is 466. The lowest BCUT2D eigenvalue weighted by atomic mass is 10.3. The lowest BCUT2D eigenvalue weighted by molar-refractivity contribution is 0.163. The normalized spacial score (nSPS) is 11.1. The molecule has 6 heteroatoms. The molecule has 0 atom stereocenters. The zero-order valence-corrected chi connectivity index (χ0v) is 7.80. The molecule has 0 bridgehead atoms. The van der Waals surface area contributed by atoms with Crippen LogP contribution in [0, 0.1) is 0 Å². The number of imidazole rings is 1. The van der Waals surface area contributed by atoms with Gasteiger partial charge in [-0.3, -0.25) is 0 Å². The summed E-state index contributed by atoms with van der Waals surface area (Å²) in [5.41, 5.74) is 7.59. The molecule has 15 heavy (non-hydrogen) atoms. The van der Waals surface area contributed by atoms with Crippen molar-refractivity contribution >= 4 is 22.7 Å². The minimum absolute atomic E-state index is 0.330. The standard InChI is InChI=1S/C9H10F2N4/c10-8(11)4-13-9-14-6-2-1-5(12)3-7(6)15-9/h1-3,8H,4,12H2,(H2,13,14,15). The first-order chi connectivity index (χ1) is 7.15. The number of hydrogen-bond acceptors (Lipinski definition) is 3. The second-order valence-corrected chi connectivity index (χ2v) is 3.13. The fraction of sp³-hybridized carbons (Fsp3) is 0.222. The summed E-state index contributed by atoms with van der Waals surface area (Å²) < 4.78 is 23.8. The van der Waals surface area contributed by atoms with Gasteiger partial charge in [0.15, 0.2) is 0 Å². The van der Waals surface area contributed by atoms with E-state index in [0.717, 1.165) is 5.52 Å².